The highest BCUT2D eigenvalue weighted by molar-refractivity contribution is 8.01. The minimum atomic E-state index is 0.262. The number of aliphatic hydroxyl groups is 1. The molecule has 1 unspecified atom stereocenters. The molecule has 1 heterocycles. The second-order valence-corrected chi connectivity index (χ2v) is 4.56. The Morgan fingerprint density at radius 3 is 3.18 bits per heavy atom. The SMILES string of the molecule is CC(CO)CSc1nccs1. The zero-order valence-corrected chi connectivity index (χ0v) is 7.99. The molecule has 1 rings (SSSR count). The van der Waals surface area contributed by atoms with Crippen molar-refractivity contribution >= 4 is 23.1 Å². The second-order valence-electron chi connectivity index (χ2n) is 2.40. The van der Waals surface area contributed by atoms with Crippen molar-refractivity contribution in [1.82, 2.24) is 4.98 Å². The molecular weight excluding hydrogens is 178 g/mol. The summed E-state index contributed by atoms with van der Waals surface area (Å²) < 4.78 is 1.09. The Morgan fingerprint density at radius 2 is 2.64 bits per heavy atom. The van der Waals surface area contributed by atoms with Gasteiger partial charge in [0.1, 0.15) is 4.34 Å². The molecule has 62 valence electrons. The summed E-state index contributed by atoms with van der Waals surface area (Å²) in [6.45, 7) is 2.29. The first-order valence-electron chi connectivity index (χ1n) is 3.46. The molecule has 0 amide bonds. The molecule has 0 aliphatic heterocycles. The average Bonchev–Trinajstić information content (AvgIpc) is 2.52. The fraction of sp³-hybridized carbons (Fsp3) is 0.571. The van der Waals surface area contributed by atoms with E-state index >= 15 is 0 Å². The molecular formula is C7H11NOS2. The number of nitrogens with zero attached hydrogens (tertiary/aromatic N) is 1. The van der Waals surface area contributed by atoms with Crippen molar-refractivity contribution in [3.05, 3.63) is 11.6 Å². The van der Waals surface area contributed by atoms with Gasteiger partial charge in [0, 0.05) is 23.9 Å². The molecule has 1 aromatic heterocycles. The van der Waals surface area contributed by atoms with Crippen LogP contribution in [0.3, 0.4) is 0 Å². The van der Waals surface area contributed by atoms with Gasteiger partial charge in [-0.25, -0.2) is 4.98 Å². The highest BCUT2D eigenvalue weighted by Gasteiger charge is 2.01. The minimum absolute atomic E-state index is 0.262. The molecule has 0 aliphatic carbocycles. The Bertz CT molecular complexity index is 188. The summed E-state index contributed by atoms with van der Waals surface area (Å²) in [6, 6.07) is 0. The summed E-state index contributed by atoms with van der Waals surface area (Å²) in [7, 11) is 0. The lowest BCUT2D eigenvalue weighted by molar-refractivity contribution is 0.250. The lowest BCUT2D eigenvalue weighted by Gasteiger charge is -2.03. The quantitative estimate of drug-likeness (QED) is 0.734. The summed E-state index contributed by atoms with van der Waals surface area (Å²) in [6.07, 6.45) is 1.80. The van der Waals surface area contributed by atoms with Gasteiger partial charge in [-0.15, -0.1) is 11.3 Å². The van der Waals surface area contributed by atoms with Gasteiger partial charge in [-0.2, -0.15) is 0 Å². The zero-order valence-electron chi connectivity index (χ0n) is 6.36. The molecule has 0 saturated carbocycles. The summed E-state index contributed by atoms with van der Waals surface area (Å²) >= 11 is 3.35. The number of hydrogen-bond donors (Lipinski definition) is 1. The van der Waals surface area contributed by atoms with Crippen LogP contribution in [-0.4, -0.2) is 22.5 Å². The molecule has 1 N–H and O–H groups in total. The van der Waals surface area contributed by atoms with E-state index in [0.717, 1.165) is 10.1 Å². The number of thiazole rings is 1. The van der Waals surface area contributed by atoms with Crippen molar-refractivity contribution in [2.75, 3.05) is 12.4 Å². The van der Waals surface area contributed by atoms with E-state index < -0.39 is 0 Å². The van der Waals surface area contributed by atoms with Gasteiger partial charge in [-0.05, 0) is 5.92 Å². The van der Waals surface area contributed by atoms with E-state index in [1.807, 2.05) is 12.3 Å². The third-order valence-electron chi connectivity index (χ3n) is 1.21. The predicted molar refractivity (Wildman–Crippen MR) is 49.1 cm³/mol. The summed E-state index contributed by atoms with van der Waals surface area (Å²) in [5.74, 6) is 1.31. The number of aromatic nitrogens is 1. The fourth-order valence-electron chi connectivity index (χ4n) is 0.548. The van der Waals surface area contributed by atoms with Gasteiger partial charge in [0.2, 0.25) is 0 Å². The van der Waals surface area contributed by atoms with Crippen LogP contribution in [0.15, 0.2) is 15.9 Å². The molecule has 11 heavy (non-hydrogen) atoms. The van der Waals surface area contributed by atoms with E-state index in [2.05, 4.69) is 4.98 Å². The van der Waals surface area contributed by atoms with Crippen LogP contribution in [0.1, 0.15) is 6.92 Å². The van der Waals surface area contributed by atoms with Crippen molar-refractivity contribution in [2.45, 2.75) is 11.3 Å². The zero-order chi connectivity index (χ0) is 8.10. The Labute approximate surface area is 74.7 Å². The van der Waals surface area contributed by atoms with Crippen molar-refractivity contribution in [3.8, 4) is 0 Å². The maximum Gasteiger partial charge on any atom is 0.149 e. The molecule has 4 heteroatoms. The first-order valence-corrected chi connectivity index (χ1v) is 5.32. The maximum atomic E-state index is 8.73. The van der Waals surface area contributed by atoms with Crippen LogP contribution in [0.5, 0.6) is 0 Å². The molecule has 0 saturated heterocycles. The fourth-order valence-corrected chi connectivity index (χ4v) is 2.22. The third-order valence-corrected chi connectivity index (χ3v) is 3.51. The molecule has 1 atom stereocenters. The third kappa shape index (κ3) is 3.22. The first-order chi connectivity index (χ1) is 5.33. The van der Waals surface area contributed by atoms with Crippen LogP contribution in [0.25, 0.3) is 0 Å². The van der Waals surface area contributed by atoms with Gasteiger partial charge in [0.25, 0.3) is 0 Å². The normalized spacial score (nSPS) is 13.3. The summed E-state index contributed by atoms with van der Waals surface area (Å²) in [5, 5.41) is 10.7. The predicted octanol–water partition coefficient (Wildman–Crippen LogP) is 1.86. The number of aliphatic hydroxyl groups excluding tert-OH is 1. The summed E-state index contributed by atoms with van der Waals surface area (Å²) in [4.78, 5) is 4.12. The lowest BCUT2D eigenvalue weighted by Crippen LogP contribution is -2.02. The van der Waals surface area contributed by atoms with Crippen LogP contribution in [0.2, 0.25) is 0 Å². The molecule has 0 spiro atoms. The molecule has 0 aromatic carbocycles. The molecule has 2 nitrogen and oxygen atoms in total. The lowest BCUT2D eigenvalue weighted by atomic mass is 10.2. The van der Waals surface area contributed by atoms with Crippen molar-refractivity contribution < 1.29 is 5.11 Å². The van der Waals surface area contributed by atoms with Crippen LogP contribution in [0, 0.1) is 5.92 Å². The number of rotatable bonds is 4. The highest BCUT2D eigenvalue weighted by Crippen LogP contribution is 2.22. The molecule has 0 radical (unpaired) electrons. The van der Waals surface area contributed by atoms with Gasteiger partial charge in [0.15, 0.2) is 0 Å². The van der Waals surface area contributed by atoms with Gasteiger partial charge in [-0.1, -0.05) is 18.7 Å². The van der Waals surface area contributed by atoms with Gasteiger partial charge < -0.3 is 5.11 Å². The van der Waals surface area contributed by atoms with E-state index in [1.165, 1.54) is 0 Å². The van der Waals surface area contributed by atoms with Gasteiger partial charge in [0.05, 0.1) is 0 Å². The smallest absolute Gasteiger partial charge is 0.149 e. The average molecular weight is 189 g/mol. The molecule has 1 aromatic rings. The van der Waals surface area contributed by atoms with Crippen LogP contribution < -0.4 is 0 Å². The minimum Gasteiger partial charge on any atom is -0.396 e. The summed E-state index contributed by atoms with van der Waals surface area (Å²) in [5.41, 5.74) is 0. The molecule has 0 fully saturated rings. The van der Waals surface area contributed by atoms with E-state index in [4.69, 9.17) is 5.11 Å². The Morgan fingerprint density at radius 1 is 1.82 bits per heavy atom. The topological polar surface area (TPSA) is 33.1 Å². The Hall–Kier alpha value is -0.0600. The standard InChI is InChI=1S/C7H11NOS2/c1-6(4-9)5-11-7-8-2-3-10-7/h2-3,6,9H,4-5H2,1H3. The van der Waals surface area contributed by atoms with Crippen molar-refractivity contribution in [1.29, 1.82) is 0 Å². The van der Waals surface area contributed by atoms with Crippen molar-refractivity contribution in [2.24, 2.45) is 5.92 Å². The van der Waals surface area contributed by atoms with E-state index in [-0.39, 0.29) is 6.61 Å². The van der Waals surface area contributed by atoms with E-state index in [0.29, 0.717) is 5.92 Å². The van der Waals surface area contributed by atoms with Crippen LogP contribution in [0.4, 0.5) is 0 Å². The number of thioether (sulfide) groups is 1. The van der Waals surface area contributed by atoms with Crippen LogP contribution >= 0.6 is 23.1 Å². The Kier molecular flexibility index (Phi) is 3.90. The van der Waals surface area contributed by atoms with Crippen LogP contribution in [-0.2, 0) is 0 Å². The highest BCUT2D eigenvalue weighted by atomic mass is 32.2. The largest absolute Gasteiger partial charge is 0.396 e. The Balaban J connectivity index is 2.23. The van der Waals surface area contributed by atoms with Crippen molar-refractivity contribution in [3.63, 3.8) is 0 Å². The van der Waals surface area contributed by atoms with E-state index in [9.17, 15) is 0 Å². The van der Waals surface area contributed by atoms with Gasteiger partial charge in [-0.3, -0.25) is 0 Å². The number of hydrogen-bond acceptors (Lipinski definition) is 4. The second kappa shape index (κ2) is 4.74. The van der Waals surface area contributed by atoms with Gasteiger partial charge >= 0.3 is 0 Å². The van der Waals surface area contributed by atoms with E-state index in [1.54, 1.807) is 29.3 Å². The molecule has 0 aliphatic rings. The first kappa shape index (κ1) is 9.03. The monoisotopic (exact) mass is 189 g/mol. The maximum absolute atomic E-state index is 8.73. The molecule has 0 bridgehead atoms.